The first-order valence-electron chi connectivity index (χ1n) is 3.75. The van der Waals surface area contributed by atoms with E-state index in [1.54, 1.807) is 6.08 Å². The van der Waals surface area contributed by atoms with Gasteiger partial charge in [0.15, 0.2) is 4.99 Å². The molecule has 0 amide bonds. The van der Waals surface area contributed by atoms with Gasteiger partial charge in [0.2, 0.25) is 0 Å². The lowest BCUT2D eigenvalue weighted by molar-refractivity contribution is 0.993. The van der Waals surface area contributed by atoms with E-state index in [4.69, 9.17) is 0 Å². The first-order valence-corrected chi connectivity index (χ1v) is 4.20. The van der Waals surface area contributed by atoms with Crippen molar-refractivity contribution in [2.24, 2.45) is 0 Å². The minimum Gasteiger partial charge on any atom is -0.350 e. The van der Waals surface area contributed by atoms with Crippen LogP contribution in [0.15, 0.2) is 36.9 Å². The van der Waals surface area contributed by atoms with Gasteiger partial charge in [-0.05, 0) is 18.2 Å². The third-order valence-electron chi connectivity index (χ3n) is 1.87. The number of fused-ring (bicyclic) bond motifs is 1. The van der Waals surface area contributed by atoms with Gasteiger partial charge in [0.25, 0.3) is 0 Å². The molecule has 0 aromatic heterocycles. The second-order valence-electron chi connectivity index (χ2n) is 2.77. The lowest BCUT2D eigenvalue weighted by Gasteiger charge is -2.19. The number of hydrogen-bond acceptors (Lipinski definition) is 3. The van der Waals surface area contributed by atoms with Crippen molar-refractivity contribution >= 4 is 24.0 Å². The highest BCUT2D eigenvalue weighted by Gasteiger charge is 2.28. The molecule has 0 fully saturated rings. The molecule has 2 rings (SSSR count). The van der Waals surface area contributed by atoms with E-state index in [1.165, 1.54) is 0 Å². The highest BCUT2D eigenvalue weighted by atomic mass is 32.1. The predicted molar refractivity (Wildman–Crippen MR) is 55.6 cm³/mol. The van der Waals surface area contributed by atoms with E-state index >= 15 is 0 Å². The summed E-state index contributed by atoms with van der Waals surface area (Å²) in [5.74, 6) is 0. The van der Waals surface area contributed by atoms with Crippen LogP contribution in [-0.4, -0.2) is 4.99 Å². The molecule has 62 valence electrons. The number of nitrogens with one attached hydrogen (secondary N) is 2. The Hall–Kier alpha value is -1.09. The van der Waals surface area contributed by atoms with Crippen LogP contribution in [0, 0.1) is 0 Å². The van der Waals surface area contributed by atoms with Gasteiger partial charge in [0, 0.05) is 0 Å². The molecule has 1 aromatic rings. The smallest absolute Gasteiger partial charge is 0.173 e. The molecule has 1 heterocycles. The molecule has 0 atom stereocenters. The molecule has 0 aliphatic carbocycles. The maximum atomic E-state index is 4.39. The average Bonchev–Trinajstić information content (AvgIpc) is 2.42. The molecule has 1 aliphatic rings. The van der Waals surface area contributed by atoms with Crippen molar-refractivity contribution < 1.29 is 0 Å². The normalized spacial score (nSPS) is 17.4. The Labute approximate surface area is 77.1 Å². The van der Waals surface area contributed by atoms with Gasteiger partial charge in [-0.3, -0.25) is 0 Å². The minimum atomic E-state index is -0.496. The van der Waals surface area contributed by atoms with Gasteiger partial charge in [-0.2, -0.15) is 0 Å². The third-order valence-corrected chi connectivity index (χ3v) is 2.28. The second kappa shape index (κ2) is 2.45. The molecule has 1 aliphatic heterocycles. The highest BCUT2D eigenvalue weighted by Crippen LogP contribution is 2.35. The number of para-hydroxylation sites is 2. The molecule has 0 saturated carbocycles. The molecule has 0 radical (unpaired) electrons. The van der Waals surface area contributed by atoms with Crippen LogP contribution >= 0.6 is 12.6 Å². The zero-order valence-electron chi connectivity index (χ0n) is 6.54. The van der Waals surface area contributed by atoms with E-state index in [-0.39, 0.29) is 0 Å². The van der Waals surface area contributed by atoms with Gasteiger partial charge in [-0.25, -0.2) is 0 Å². The topological polar surface area (TPSA) is 24.1 Å². The fourth-order valence-electron chi connectivity index (χ4n) is 1.25. The van der Waals surface area contributed by atoms with Crippen molar-refractivity contribution in [3.63, 3.8) is 0 Å². The highest BCUT2D eigenvalue weighted by molar-refractivity contribution is 7.82. The zero-order valence-corrected chi connectivity index (χ0v) is 7.44. The number of anilines is 2. The second-order valence-corrected chi connectivity index (χ2v) is 3.47. The van der Waals surface area contributed by atoms with Crippen LogP contribution in [0.5, 0.6) is 0 Å². The molecule has 0 bridgehead atoms. The predicted octanol–water partition coefficient (Wildman–Crippen LogP) is 2.29. The fraction of sp³-hybridized carbons (Fsp3) is 0.111. The molecule has 0 saturated heterocycles. The van der Waals surface area contributed by atoms with E-state index < -0.39 is 4.99 Å². The zero-order chi connectivity index (χ0) is 8.60. The van der Waals surface area contributed by atoms with Crippen molar-refractivity contribution in [1.29, 1.82) is 0 Å². The van der Waals surface area contributed by atoms with E-state index in [2.05, 4.69) is 29.8 Å². The number of hydrogen-bond donors (Lipinski definition) is 3. The Balaban J connectivity index is 2.39. The van der Waals surface area contributed by atoms with E-state index in [0.29, 0.717) is 0 Å². The Bertz CT molecular complexity index is 297. The van der Waals surface area contributed by atoms with E-state index in [9.17, 15) is 0 Å². The SMILES string of the molecule is C=CC1(S)Nc2ccccc2N1. The van der Waals surface area contributed by atoms with Crippen molar-refractivity contribution in [1.82, 2.24) is 0 Å². The summed E-state index contributed by atoms with van der Waals surface area (Å²) in [5.41, 5.74) is 2.12. The maximum absolute atomic E-state index is 4.39. The van der Waals surface area contributed by atoms with E-state index in [0.717, 1.165) is 11.4 Å². The molecule has 1 aromatic carbocycles. The summed E-state index contributed by atoms with van der Waals surface area (Å²) < 4.78 is 0. The molecular formula is C9H10N2S. The molecule has 12 heavy (non-hydrogen) atoms. The van der Waals surface area contributed by atoms with Crippen LogP contribution in [0.2, 0.25) is 0 Å². The van der Waals surface area contributed by atoms with Crippen molar-refractivity contribution in [3.05, 3.63) is 36.9 Å². The van der Waals surface area contributed by atoms with Crippen molar-refractivity contribution in [2.45, 2.75) is 4.99 Å². The largest absolute Gasteiger partial charge is 0.350 e. The first kappa shape index (κ1) is 7.55. The van der Waals surface area contributed by atoms with Crippen LogP contribution in [0.1, 0.15) is 0 Å². The van der Waals surface area contributed by atoms with Gasteiger partial charge in [0.1, 0.15) is 0 Å². The lowest BCUT2D eigenvalue weighted by Crippen LogP contribution is -2.32. The summed E-state index contributed by atoms with van der Waals surface area (Å²) in [6.07, 6.45) is 1.73. The quantitative estimate of drug-likeness (QED) is 0.454. The molecule has 0 unspecified atom stereocenters. The lowest BCUT2D eigenvalue weighted by atomic mass is 10.3. The Morgan fingerprint density at radius 1 is 1.25 bits per heavy atom. The molecule has 3 heteroatoms. The molecule has 0 spiro atoms. The maximum Gasteiger partial charge on any atom is 0.173 e. The van der Waals surface area contributed by atoms with Crippen molar-refractivity contribution in [2.75, 3.05) is 10.6 Å². The average molecular weight is 178 g/mol. The van der Waals surface area contributed by atoms with Gasteiger partial charge in [-0.1, -0.05) is 18.7 Å². The summed E-state index contributed by atoms with van der Waals surface area (Å²) in [7, 11) is 0. The van der Waals surface area contributed by atoms with Crippen LogP contribution in [0.4, 0.5) is 11.4 Å². The van der Waals surface area contributed by atoms with E-state index in [1.807, 2.05) is 24.3 Å². The fourth-order valence-corrected chi connectivity index (χ4v) is 1.49. The summed E-state index contributed by atoms with van der Waals surface area (Å²) in [4.78, 5) is -0.496. The Kier molecular flexibility index (Phi) is 1.54. The molecular weight excluding hydrogens is 168 g/mol. The Morgan fingerprint density at radius 3 is 2.17 bits per heavy atom. The Morgan fingerprint density at radius 2 is 1.75 bits per heavy atom. The standard InChI is InChI=1S/C9H10N2S/c1-2-9(12)10-7-5-3-4-6-8(7)11-9/h2-6,10-12H,1H2. The number of thiol groups is 1. The van der Waals surface area contributed by atoms with Gasteiger partial charge >= 0.3 is 0 Å². The summed E-state index contributed by atoms with van der Waals surface area (Å²) in [6, 6.07) is 7.97. The van der Waals surface area contributed by atoms with Crippen molar-refractivity contribution in [3.8, 4) is 0 Å². The van der Waals surface area contributed by atoms with Crippen LogP contribution < -0.4 is 10.6 Å². The monoisotopic (exact) mass is 178 g/mol. The van der Waals surface area contributed by atoms with Crippen LogP contribution in [0.3, 0.4) is 0 Å². The van der Waals surface area contributed by atoms with Crippen LogP contribution in [0.25, 0.3) is 0 Å². The van der Waals surface area contributed by atoms with Gasteiger partial charge < -0.3 is 10.6 Å². The van der Waals surface area contributed by atoms with Gasteiger partial charge in [-0.15, -0.1) is 12.6 Å². The number of rotatable bonds is 1. The van der Waals surface area contributed by atoms with Gasteiger partial charge in [0.05, 0.1) is 11.4 Å². The summed E-state index contributed by atoms with van der Waals surface area (Å²) in [6.45, 7) is 3.70. The number of benzene rings is 1. The molecule has 2 N–H and O–H groups in total. The molecule has 2 nitrogen and oxygen atoms in total. The first-order chi connectivity index (χ1) is 5.73. The summed E-state index contributed by atoms with van der Waals surface area (Å²) >= 11 is 4.39. The minimum absolute atomic E-state index is 0.496. The van der Waals surface area contributed by atoms with Crippen LogP contribution in [-0.2, 0) is 0 Å². The third kappa shape index (κ3) is 1.06. The summed E-state index contributed by atoms with van der Waals surface area (Å²) in [5, 5.41) is 6.39.